The first kappa shape index (κ1) is 32.4. The molecule has 5 rings (SSSR count). The van der Waals surface area contributed by atoms with Crippen LogP contribution in [0.25, 0.3) is 10.9 Å². The van der Waals surface area contributed by atoms with Crippen molar-refractivity contribution < 1.29 is 79.5 Å². The molecule has 11 N–H and O–H groups in total. The van der Waals surface area contributed by atoms with Crippen LogP contribution in [0.1, 0.15) is 0 Å². The molecule has 1 unspecified atom stereocenters. The molecular formula is C26H37NO16. The first-order chi connectivity index (χ1) is 20.6. The molecule has 3 fully saturated rings. The lowest BCUT2D eigenvalue weighted by Crippen LogP contribution is -2.67. The number of hydrogen-bond acceptors (Lipinski definition) is 16. The second kappa shape index (κ2) is 13.5. The molecule has 4 heterocycles. The number of para-hydroxylation sites is 1. The molecule has 3 saturated heterocycles. The minimum Gasteiger partial charge on any atom is -0.467 e. The molecule has 1 aromatic heterocycles. The summed E-state index contributed by atoms with van der Waals surface area (Å²) in [5.74, 6) is 0.170. The fraction of sp³-hybridized carbons (Fsp3) is 0.692. The van der Waals surface area contributed by atoms with Crippen molar-refractivity contribution in [2.24, 2.45) is 0 Å². The van der Waals surface area contributed by atoms with E-state index in [0.717, 1.165) is 5.39 Å². The largest absolute Gasteiger partial charge is 0.467 e. The van der Waals surface area contributed by atoms with Crippen LogP contribution in [0, 0.1) is 0 Å². The average molecular weight is 620 g/mol. The third-order valence-corrected chi connectivity index (χ3v) is 7.84. The van der Waals surface area contributed by atoms with Crippen LogP contribution >= 0.6 is 0 Å². The number of aliphatic hydroxyl groups excluding tert-OH is 10. The quantitative estimate of drug-likeness (QED) is 0.125. The van der Waals surface area contributed by atoms with E-state index in [1.54, 1.807) is 24.3 Å². The molecule has 0 amide bonds. The normalized spacial score (nSPS) is 44.0. The fourth-order valence-corrected chi connectivity index (χ4v) is 5.43. The van der Waals surface area contributed by atoms with E-state index in [9.17, 15) is 51.1 Å². The molecule has 3 aliphatic heterocycles. The van der Waals surface area contributed by atoms with Gasteiger partial charge < -0.3 is 84.5 Å². The molecule has 0 bridgehead atoms. The first-order valence-electron chi connectivity index (χ1n) is 13.7. The van der Waals surface area contributed by atoms with Crippen LogP contribution in [-0.2, 0) is 23.7 Å². The van der Waals surface area contributed by atoms with Gasteiger partial charge in [-0.1, -0.05) is 18.2 Å². The van der Waals surface area contributed by atoms with Crippen LogP contribution < -0.4 is 4.74 Å². The van der Waals surface area contributed by atoms with E-state index >= 15 is 0 Å². The summed E-state index contributed by atoms with van der Waals surface area (Å²) >= 11 is 0. The summed E-state index contributed by atoms with van der Waals surface area (Å²) in [4.78, 5) is 3.00. The number of H-pyrrole nitrogens is 1. The Balaban J connectivity index is 1.34. The average Bonchev–Trinajstić information content (AvgIpc) is 3.42. The molecule has 242 valence electrons. The Kier molecular flexibility index (Phi) is 10.2. The van der Waals surface area contributed by atoms with Crippen molar-refractivity contribution in [3.63, 3.8) is 0 Å². The second-order valence-electron chi connectivity index (χ2n) is 10.6. The van der Waals surface area contributed by atoms with E-state index in [-0.39, 0.29) is 5.88 Å². The van der Waals surface area contributed by atoms with Gasteiger partial charge in [0, 0.05) is 17.0 Å². The van der Waals surface area contributed by atoms with E-state index in [0.29, 0.717) is 5.52 Å². The second-order valence-corrected chi connectivity index (χ2v) is 10.6. The van der Waals surface area contributed by atoms with Gasteiger partial charge in [0.1, 0.15) is 67.1 Å². The van der Waals surface area contributed by atoms with Gasteiger partial charge in [0.2, 0.25) is 0 Å². The van der Waals surface area contributed by atoms with Gasteiger partial charge >= 0.3 is 0 Å². The van der Waals surface area contributed by atoms with Crippen LogP contribution in [0.2, 0.25) is 0 Å². The van der Waals surface area contributed by atoms with Crippen molar-refractivity contribution in [2.75, 3.05) is 19.8 Å². The van der Waals surface area contributed by atoms with Crippen molar-refractivity contribution in [1.29, 1.82) is 0 Å². The highest BCUT2D eigenvalue weighted by Crippen LogP contribution is 2.33. The summed E-state index contributed by atoms with van der Waals surface area (Å²) in [6, 6.07) is 8.82. The topological polar surface area (TPSA) is 273 Å². The van der Waals surface area contributed by atoms with Crippen LogP contribution in [-0.4, -0.2) is 168 Å². The highest BCUT2D eigenvalue weighted by Gasteiger charge is 2.54. The number of nitrogens with one attached hydrogen (secondary N) is 1. The summed E-state index contributed by atoms with van der Waals surface area (Å²) in [6.45, 7) is -2.29. The lowest BCUT2D eigenvalue weighted by Gasteiger charge is -2.48. The molecule has 3 aliphatic rings. The lowest BCUT2D eigenvalue weighted by molar-refractivity contribution is -0.376. The molecular weight excluding hydrogens is 582 g/mol. The Hall–Kier alpha value is -2.04. The summed E-state index contributed by atoms with van der Waals surface area (Å²) in [5, 5.41) is 103. The maximum atomic E-state index is 11.0. The van der Waals surface area contributed by atoms with Gasteiger partial charge in [-0.05, 0) is 6.07 Å². The monoisotopic (exact) mass is 619 g/mol. The van der Waals surface area contributed by atoms with Gasteiger partial charge in [-0.25, -0.2) is 0 Å². The standard InChI is InChI=1S/C26H37NO16/c28-6-11-15(31)16(32)23(41-14-5-9-3-1-2-4-10(9)27-14)26(39-11)43-22-13(8-30)40-25(20(36)18(22)34)42-21-12(7-29)38-24(37)19(35)17(21)33/h1-5,11-13,15-37H,6-8H2/t11-,12-,13-,15-,16+,17-,18-,19-,20-,21-,22-,23-,24?,25-,26-/m1/s1. The number of aromatic nitrogens is 1. The van der Waals surface area contributed by atoms with Crippen molar-refractivity contribution in [1.82, 2.24) is 4.98 Å². The zero-order valence-electron chi connectivity index (χ0n) is 22.6. The van der Waals surface area contributed by atoms with Crippen LogP contribution in [0.5, 0.6) is 5.88 Å². The van der Waals surface area contributed by atoms with Crippen molar-refractivity contribution >= 4 is 10.9 Å². The summed E-state index contributed by atoms with van der Waals surface area (Å²) in [6.07, 6.45) is -24.5. The Bertz CT molecular complexity index is 1150. The first-order valence-corrected chi connectivity index (χ1v) is 13.7. The Morgan fingerprint density at radius 1 is 0.605 bits per heavy atom. The van der Waals surface area contributed by atoms with Gasteiger partial charge in [0.15, 0.2) is 30.9 Å². The van der Waals surface area contributed by atoms with Gasteiger partial charge in [-0.2, -0.15) is 0 Å². The highest BCUT2D eigenvalue weighted by molar-refractivity contribution is 5.81. The fourth-order valence-electron chi connectivity index (χ4n) is 5.43. The maximum Gasteiger partial charge on any atom is 0.198 e. The predicted molar refractivity (Wildman–Crippen MR) is 138 cm³/mol. The number of rotatable bonds is 9. The summed E-state index contributed by atoms with van der Waals surface area (Å²) in [5.41, 5.74) is 0.708. The third kappa shape index (κ3) is 6.39. The highest BCUT2D eigenvalue weighted by atomic mass is 16.8. The molecule has 0 spiro atoms. The Labute approximate surface area is 243 Å². The van der Waals surface area contributed by atoms with E-state index < -0.39 is 112 Å². The number of benzene rings is 1. The van der Waals surface area contributed by atoms with E-state index in [2.05, 4.69) is 4.98 Å². The lowest BCUT2D eigenvalue weighted by atomic mass is 9.96. The van der Waals surface area contributed by atoms with Crippen LogP contribution in [0.4, 0.5) is 0 Å². The van der Waals surface area contributed by atoms with E-state index in [1.165, 1.54) is 0 Å². The Morgan fingerprint density at radius 2 is 1.16 bits per heavy atom. The minimum absolute atomic E-state index is 0.170. The Morgan fingerprint density at radius 3 is 1.81 bits per heavy atom. The zero-order chi connectivity index (χ0) is 31.0. The SMILES string of the molecule is OC[C@H]1O[C@H](O[C@H]2[C@H](O)[C@@H](O)[C@@H](O[C@H]3[C@H](O)[C@@H](O)C(O)O[C@@H]3CO)O[C@@H]2CO)[C@H](Oc2cc3ccccc3[nH]2)[C@@H](O)[C@@H]1O. The van der Waals surface area contributed by atoms with Gasteiger partial charge in [-0.15, -0.1) is 0 Å². The predicted octanol–water partition coefficient (Wildman–Crippen LogP) is -5.00. The maximum absolute atomic E-state index is 11.0. The summed E-state index contributed by atoms with van der Waals surface area (Å²) in [7, 11) is 0. The van der Waals surface area contributed by atoms with E-state index in [4.69, 9.17) is 28.4 Å². The van der Waals surface area contributed by atoms with E-state index in [1.807, 2.05) is 6.07 Å². The number of aromatic amines is 1. The van der Waals surface area contributed by atoms with Gasteiger partial charge in [0.05, 0.1) is 19.8 Å². The molecule has 17 nitrogen and oxygen atoms in total. The minimum atomic E-state index is -1.91. The van der Waals surface area contributed by atoms with Crippen LogP contribution in [0.3, 0.4) is 0 Å². The zero-order valence-corrected chi connectivity index (χ0v) is 22.6. The van der Waals surface area contributed by atoms with Gasteiger partial charge in [-0.3, -0.25) is 0 Å². The van der Waals surface area contributed by atoms with Gasteiger partial charge in [0.25, 0.3) is 0 Å². The number of aliphatic hydroxyl groups is 10. The third-order valence-electron chi connectivity index (χ3n) is 7.84. The molecule has 2 aromatic rings. The van der Waals surface area contributed by atoms with Crippen molar-refractivity contribution in [2.45, 2.75) is 92.1 Å². The number of ether oxygens (including phenoxy) is 6. The summed E-state index contributed by atoms with van der Waals surface area (Å²) < 4.78 is 33.6. The molecule has 1 aromatic carbocycles. The van der Waals surface area contributed by atoms with Crippen molar-refractivity contribution in [3.05, 3.63) is 30.3 Å². The molecule has 0 aliphatic carbocycles. The number of fused-ring (bicyclic) bond motifs is 1. The number of hydrogen-bond donors (Lipinski definition) is 11. The van der Waals surface area contributed by atoms with Crippen LogP contribution in [0.15, 0.2) is 30.3 Å². The van der Waals surface area contributed by atoms with Crippen molar-refractivity contribution in [3.8, 4) is 5.88 Å². The smallest absolute Gasteiger partial charge is 0.198 e. The molecule has 43 heavy (non-hydrogen) atoms. The molecule has 15 atom stereocenters. The molecule has 0 radical (unpaired) electrons. The molecule has 17 heteroatoms. The molecule has 0 saturated carbocycles.